The van der Waals surface area contributed by atoms with E-state index in [0.717, 1.165) is 38.2 Å². The number of nitrogens with one attached hydrogen (secondary N) is 1. The number of hydrogen-bond acceptors (Lipinski definition) is 3. The van der Waals surface area contributed by atoms with Crippen LogP contribution in [-0.4, -0.2) is 31.4 Å². The lowest BCUT2D eigenvalue weighted by molar-refractivity contribution is 0.289. The highest BCUT2D eigenvalue weighted by Crippen LogP contribution is 2.20. The van der Waals surface area contributed by atoms with E-state index in [-0.39, 0.29) is 6.61 Å². The van der Waals surface area contributed by atoms with Gasteiger partial charge in [0.25, 0.3) is 0 Å². The van der Waals surface area contributed by atoms with Gasteiger partial charge in [0.15, 0.2) is 0 Å². The first-order valence-electron chi connectivity index (χ1n) is 7.33. The fourth-order valence-electron chi connectivity index (χ4n) is 2.18. The maximum absolute atomic E-state index is 8.63. The van der Waals surface area contributed by atoms with Crippen LogP contribution in [0.4, 0.5) is 0 Å². The number of benzene rings is 2. The molecular formula is C17H23NO2. The van der Waals surface area contributed by atoms with Crippen LogP contribution in [0.15, 0.2) is 42.5 Å². The predicted octanol–water partition coefficient (Wildman–Crippen LogP) is 2.97. The SMILES string of the molecule is OCCNCCCCCOc1ccc2ccccc2c1. The van der Waals surface area contributed by atoms with Crippen LogP contribution in [0, 0.1) is 0 Å². The molecule has 0 amide bonds. The molecule has 0 aliphatic rings. The Hall–Kier alpha value is -1.58. The number of aliphatic hydroxyl groups is 1. The van der Waals surface area contributed by atoms with Crippen molar-refractivity contribution in [1.82, 2.24) is 5.32 Å². The van der Waals surface area contributed by atoms with Crippen molar-refractivity contribution in [2.45, 2.75) is 19.3 Å². The van der Waals surface area contributed by atoms with Crippen molar-refractivity contribution in [3.63, 3.8) is 0 Å². The molecule has 2 rings (SSSR count). The summed E-state index contributed by atoms with van der Waals surface area (Å²) in [5.74, 6) is 0.946. The molecule has 0 unspecified atom stereocenters. The maximum Gasteiger partial charge on any atom is 0.119 e. The first-order chi connectivity index (χ1) is 9.90. The van der Waals surface area contributed by atoms with Crippen molar-refractivity contribution in [3.05, 3.63) is 42.5 Å². The zero-order valence-corrected chi connectivity index (χ0v) is 11.8. The lowest BCUT2D eigenvalue weighted by Crippen LogP contribution is -2.19. The van der Waals surface area contributed by atoms with E-state index < -0.39 is 0 Å². The summed E-state index contributed by atoms with van der Waals surface area (Å²) >= 11 is 0. The molecule has 0 saturated heterocycles. The van der Waals surface area contributed by atoms with Gasteiger partial charge in [-0.15, -0.1) is 0 Å². The minimum absolute atomic E-state index is 0.213. The second-order valence-corrected chi connectivity index (χ2v) is 4.89. The molecule has 3 heteroatoms. The molecule has 3 nitrogen and oxygen atoms in total. The van der Waals surface area contributed by atoms with Crippen LogP contribution in [0.5, 0.6) is 5.75 Å². The Balaban J connectivity index is 1.65. The van der Waals surface area contributed by atoms with Crippen LogP contribution in [-0.2, 0) is 0 Å². The van der Waals surface area contributed by atoms with Gasteiger partial charge in [-0.1, -0.05) is 30.3 Å². The Morgan fingerprint density at radius 2 is 1.75 bits per heavy atom. The third kappa shape index (κ3) is 4.83. The quantitative estimate of drug-likeness (QED) is 0.690. The number of unbranched alkanes of at least 4 members (excludes halogenated alkanes) is 2. The molecule has 0 spiro atoms. The molecular weight excluding hydrogens is 250 g/mol. The lowest BCUT2D eigenvalue weighted by Gasteiger charge is -2.07. The predicted molar refractivity (Wildman–Crippen MR) is 83.2 cm³/mol. The van der Waals surface area contributed by atoms with Gasteiger partial charge in [-0.25, -0.2) is 0 Å². The number of aliphatic hydroxyl groups excluding tert-OH is 1. The molecule has 0 atom stereocenters. The van der Waals surface area contributed by atoms with Crippen LogP contribution in [0.1, 0.15) is 19.3 Å². The van der Waals surface area contributed by atoms with Gasteiger partial charge >= 0.3 is 0 Å². The number of hydrogen-bond donors (Lipinski definition) is 2. The van der Waals surface area contributed by atoms with Gasteiger partial charge in [0.2, 0.25) is 0 Å². The summed E-state index contributed by atoms with van der Waals surface area (Å²) in [7, 11) is 0. The standard InChI is InChI=1S/C17H23NO2/c19-12-11-18-10-4-1-5-13-20-17-9-8-15-6-2-3-7-16(15)14-17/h2-3,6-9,14,18-19H,1,4-5,10-13H2. The first-order valence-corrected chi connectivity index (χ1v) is 7.33. The van der Waals surface area contributed by atoms with Gasteiger partial charge in [-0.05, 0) is 48.7 Å². The molecule has 2 N–H and O–H groups in total. The highest BCUT2D eigenvalue weighted by atomic mass is 16.5. The molecule has 0 bridgehead atoms. The van der Waals surface area contributed by atoms with Crippen molar-refractivity contribution in [3.8, 4) is 5.75 Å². The summed E-state index contributed by atoms with van der Waals surface area (Å²) < 4.78 is 5.78. The maximum atomic E-state index is 8.63. The third-order valence-corrected chi connectivity index (χ3v) is 3.28. The van der Waals surface area contributed by atoms with E-state index in [0.29, 0.717) is 6.54 Å². The topological polar surface area (TPSA) is 41.5 Å². The molecule has 0 heterocycles. The second-order valence-electron chi connectivity index (χ2n) is 4.89. The van der Waals surface area contributed by atoms with E-state index >= 15 is 0 Å². The normalized spacial score (nSPS) is 10.8. The lowest BCUT2D eigenvalue weighted by atomic mass is 10.1. The molecule has 0 radical (unpaired) electrons. The minimum Gasteiger partial charge on any atom is -0.494 e. The van der Waals surface area contributed by atoms with E-state index in [1.807, 2.05) is 18.2 Å². The molecule has 0 aliphatic carbocycles. The van der Waals surface area contributed by atoms with Gasteiger partial charge < -0.3 is 15.2 Å². The summed E-state index contributed by atoms with van der Waals surface area (Å²) in [5, 5.41) is 14.3. The largest absolute Gasteiger partial charge is 0.494 e. The summed E-state index contributed by atoms with van der Waals surface area (Å²) in [5.41, 5.74) is 0. The fourth-order valence-corrected chi connectivity index (χ4v) is 2.18. The Morgan fingerprint density at radius 1 is 0.900 bits per heavy atom. The number of ether oxygens (including phenoxy) is 1. The van der Waals surface area contributed by atoms with Crippen LogP contribution >= 0.6 is 0 Å². The minimum atomic E-state index is 0.213. The Kier molecular flexibility index (Phi) is 6.35. The van der Waals surface area contributed by atoms with Gasteiger partial charge in [0.1, 0.15) is 5.75 Å². The van der Waals surface area contributed by atoms with E-state index in [2.05, 4.69) is 29.6 Å². The Bertz CT molecular complexity index is 513. The zero-order chi connectivity index (χ0) is 14.0. The van der Waals surface area contributed by atoms with Crippen molar-refractivity contribution >= 4 is 10.8 Å². The summed E-state index contributed by atoms with van der Waals surface area (Å²) in [4.78, 5) is 0. The van der Waals surface area contributed by atoms with Crippen LogP contribution in [0.3, 0.4) is 0 Å². The van der Waals surface area contributed by atoms with E-state index in [4.69, 9.17) is 9.84 Å². The third-order valence-electron chi connectivity index (χ3n) is 3.28. The van der Waals surface area contributed by atoms with Crippen molar-refractivity contribution in [1.29, 1.82) is 0 Å². The van der Waals surface area contributed by atoms with E-state index in [1.165, 1.54) is 10.8 Å². The van der Waals surface area contributed by atoms with Crippen molar-refractivity contribution in [2.24, 2.45) is 0 Å². The number of fused-ring (bicyclic) bond motifs is 1. The smallest absolute Gasteiger partial charge is 0.119 e. The zero-order valence-electron chi connectivity index (χ0n) is 11.8. The molecule has 0 fully saturated rings. The number of rotatable bonds is 9. The van der Waals surface area contributed by atoms with Crippen LogP contribution in [0.2, 0.25) is 0 Å². The fraction of sp³-hybridized carbons (Fsp3) is 0.412. The molecule has 0 aromatic heterocycles. The molecule has 0 saturated carbocycles. The molecule has 2 aromatic carbocycles. The van der Waals surface area contributed by atoms with E-state index in [9.17, 15) is 0 Å². The molecule has 20 heavy (non-hydrogen) atoms. The monoisotopic (exact) mass is 273 g/mol. The highest BCUT2D eigenvalue weighted by Gasteiger charge is 1.97. The van der Waals surface area contributed by atoms with E-state index in [1.54, 1.807) is 0 Å². The molecule has 108 valence electrons. The second kappa shape index (κ2) is 8.56. The Labute approximate surface area is 120 Å². The Morgan fingerprint density at radius 3 is 2.60 bits per heavy atom. The van der Waals surface area contributed by atoms with Gasteiger partial charge in [-0.2, -0.15) is 0 Å². The summed E-state index contributed by atoms with van der Waals surface area (Å²) in [6.07, 6.45) is 3.33. The summed E-state index contributed by atoms with van der Waals surface area (Å²) in [6.45, 7) is 2.63. The summed E-state index contributed by atoms with van der Waals surface area (Å²) in [6, 6.07) is 14.5. The highest BCUT2D eigenvalue weighted by molar-refractivity contribution is 5.83. The first kappa shape index (κ1) is 14.8. The molecule has 0 aliphatic heterocycles. The molecule has 2 aromatic rings. The average molecular weight is 273 g/mol. The average Bonchev–Trinajstić information content (AvgIpc) is 2.50. The van der Waals surface area contributed by atoms with Gasteiger partial charge in [0.05, 0.1) is 13.2 Å². The van der Waals surface area contributed by atoms with Crippen molar-refractivity contribution < 1.29 is 9.84 Å². The van der Waals surface area contributed by atoms with Crippen LogP contribution < -0.4 is 10.1 Å². The van der Waals surface area contributed by atoms with Crippen molar-refractivity contribution in [2.75, 3.05) is 26.3 Å². The van der Waals surface area contributed by atoms with Gasteiger partial charge in [-0.3, -0.25) is 0 Å². The van der Waals surface area contributed by atoms with Crippen LogP contribution in [0.25, 0.3) is 10.8 Å². The van der Waals surface area contributed by atoms with Gasteiger partial charge in [0, 0.05) is 6.54 Å².